The van der Waals surface area contributed by atoms with Gasteiger partial charge in [0.2, 0.25) is 5.52 Å². The minimum Gasteiger partial charge on any atom is -1.00 e. The van der Waals surface area contributed by atoms with Crippen molar-refractivity contribution in [3.05, 3.63) is 66.9 Å². The van der Waals surface area contributed by atoms with Crippen LogP contribution in [0.25, 0.3) is 10.9 Å². The highest BCUT2D eigenvalue weighted by atomic mass is 127. The zero-order valence-electron chi connectivity index (χ0n) is 11.6. The van der Waals surface area contributed by atoms with Gasteiger partial charge in [-0.05, 0) is 24.3 Å². The van der Waals surface area contributed by atoms with Gasteiger partial charge < -0.3 is 28.9 Å². The fraction of sp³-hybridized carbons (Fsp3) is 0.118. The molecule has 1 aromatic heterocycles. The average Bonchev–Trinajstić information content (AvgIpc) is 2.47. The van der Waals surface area contributed by atoms with Crippen LogP contribution in [0, 0.1) is 0 Å². The number of rotatable bonds is 2. The molecule has 0 saturated carbocycles. The summed E-state index contributed by atoms with van der Waals surface area (Å²) in [7, 11) is 4.18. The Bertz CT molecular complexity index is 711. The van der Waals surface area contributed by atoms with Gasteiger partial charge in [0, 0.05) is 24.2 Å². The van der Waals surface area contributed by atoms with Crippen LogP contribution in [0.4, 0.5) is 11.4 Å². The summed E-state index contributed by atoms with van der Waals surface area (Å²) < 4.78 is 2.17. The molecule has 0 unspecified atom stereocenters. The van der Waals surface area contributed by atoms with Gasteiger partial charge >= 0.3 is 0 Å². The Kier molecular flexibility index (Phi) is 4.60. The molecule has 0 N–H and O–H groups in total. The summed E-state index contributed by atoms with van der Waals surface area (Å²) in [6.07, 6.45) is 2.16. The van der Waals surface area contributed by atoms with E-state index in [2.05, 4.69) is 84.4 Å². The lowest BCUT2D eigenvalue weighted by Gasteiger charge is -2.18. The predicted molar refractivity (Wildman–Crippen MR) is 79.6 cm³/mol. The molecule has 0 aliphatic carbocycles. The van der Waals surface area contributed by atoms with Gasteiger partial charge in [-0.2, -0.15) is 4.57 Å². The van der Waals surface area contributed by atoms with Crippen LogP contribution in [-0.2, 0) is 7.05 Å². The normalized spacial score (nSPS) is 10.1. The largest absolute Gasteiger partial charge is 1.00 e. The number of hydrogen-bond acceptors (Lipinski definition) is 1. The van der Waals surface area contributed by atoms with Crippen molar-refractivity contribution in [3.8, 4) is 0 Å². The molecule has 20 heavy (non-hydrogen) atoms. The summed E-state index contributed by atoms with van der Waals surface area (Å²) in [5, 5.41) is 1.25. The molecule has 0 bridgehead atoms. The van der Waals surface area contributed by atoms with Crippen molar-refractivity contribution in [2.45, 2.75) is 0 Å². The summed E-state index contributed by atoms with van der Waals surface area (Å²) >= 11 is 0. The molecule has 0 radical (unpaired) electrons. The van der Waals surface area contributed by atoms with Gasteiger partial charge in [-0.3, -0.25) is 0 Å². The molecule has 0 aliphatic heterocycles. The first-order valence-electron chi connectivity index (χ1n) is 6.43. The fourth-order valence-electron chi connectivity index (χ4n) is 2.38. The van der Waals surface area contributed by atoms with Gasteiger partial charge in [0.1, 0.15) is 12.7 Å². The summed E-state index contributed by atoms with van der Waals surface area (Å²) in [6.45, 7) is 0. The van der Waals surface area contributed by atoms with Crippen molar-refractivity contribution in [2.75, 3.05) is 11.9 Å². The van der Waals surface area contributed by atoms with E-state index in [-0.39, 0.29) is 24.0 Å². The predicted octanol–water partition coefficient (Wildman–Crippen LogP) is 0.436. The van der Waals surface area contributed by atoms with E-state index >= 15 is 0 Å². The second-order valence-corrected chi connectivity index (χ2v) is 4.76. The Hall–Kier alpha value is -1.62. The SMILES string of the molecule is CN(c1ccccc1)c1cc2ccccc2[n+](C)c1.[I-]. The molecule has 0 amide bonds. The van der Waals surface area contributed by atoms with Crippen LogP contribution in [0.15, 0.2) is 66.9 Å². The Morgan fingerprint density at radius 2 is 1.50 bits per heavy atom. The highest BCUT2D eigenvalue weighted by Gasteiger charge is 2.11. The lowest BCUT2D eigenvalue weighted by molar-refractivity contribution is -0.644. The van der Waals surface area contributed by atoms with Crippen LogP contribution in [0.1, 0.15) is 0 Å². The molecule has 3 heteroatoms. The number of pyridine rings is 1. The van der Waals surface area contributed by atoms with E-state index in [9.17, 15) is 0 Å². The highest BCUT2D eigenvalue weighted by molar-refractivity contribution is 5.80. The third-order valence-corrected chi connectivity index (χ3v) is 3.48. The van der Waals surface area contributed by atoms with E-state index in [1.807, 2.05) is 6.07 Å². The Labute approximate surface area is 136 Å². The second kappa shape index (κ2) is 6.22. The van der Waals surface area contributed by atoms with Crippen LogP contribution in [-0.4, -0.2) is 7.05 Å². The Morgan fingerprint density at radius 3 is 2.25 bits per heavy atom. The first-order valence-corrected chi connectivity index (χ1v) is 6.43. The number of benzene rings is 2. The number of aromatic nitrogens is 1. The molecule has 3 aromatic rings. The third kappa shape index (κ3) is 2.77. The average molecular weight is 376 g/mol. The molecule has 0 aliphatic rings. The molecule has 0 fully saturated rings. The number of nitrogens with zero attached hydrogens (tertiary/aromatic N) is 2. The van der Waals surface area contributed by atoms with E-state index in [1.54, 1.807) is 0 Å². The summed E-state index contributed by atoms with van der Waals surface area (Å²) in [5.41, 5.74) is 3.62. The number of anilines is 2. The molecule has 2 nitrogen and oxygen atoms in total. The van der Waals surface area contributed by atoms with Crippen molar-refractivity contribution in [1.82, 2.24) is 0 Å². The second-order valence-electron chi connectivity index (χ2n) is 4.76. The van der Waals surface area contributed by atoms with Gasteiger partial charge in [-0.1, -0.05) is 30.3 Å². The maximum atomic E-state index is 2.22. The number of para-hydroxylation sites is 2. The number of fused-ring (bicyclic) bond motifs is 1. The molecule has 3 rings (SSSR count). The van der Waals surface area contributed by atoms with E-state index in [0.717, 1.165) is 0 Å². The minimum absolute atomic E-state index is 0. The molecule has 2 aromatic carbocycles. The number of hydrogen-bond donors (Lipinski definition) is 0. The Balaban J connectivity index is 0.00000147. The van der Waals surface area contributed by atoms with E-state index in [4.69, 9.17) is 0 Å². The molecular weight excluding hydrogens is 359 g/mol. The van der Waals surface area contributed by atoms with E-state index < -0.39 is 0 Å². The summed E-state index contributed by atoms with van der Waals surface area (Å²) in [4.78, 5) is 2.20. The van der Waals surface area contributed by atoms with Gasteiger partial charge in [0.25, 0.3) is 0 Å². The third-order valence-electron chi connectivity index (χ3n) is 3.48. The number of halogens is 1. The van der Waals surface area contributed by atoms with Crippen LogP contribution in [0.5, 0.6) is 0 Å². The van der Waals surface area contributed by atoms with Crippen LogP contribution in [0.3, 0.4) is 0 Å². The van der Waals surface area contributed by atoms with E-state index in [1.165, 1.54) is 22.3 Å². The molecule has 0 atom stereocenters. The maximum absolute atomic E-state index is 2.22. The van der Waals surface area contributed by atoms with Crippen molar-refractivity contribution in [1.29, 1.82) is 0 Å². The zero-order chi connectivity index (χ0) is 13.2. The van der Waals surface area contributed by atoms with Gasteiger partial charge in [-0.15, -0.1) is 0 Å². The van der Waals surface area contributed by atoms with Crippen LogP contribution < -0.4 is 33.4 Å². The molecule has 0 saturated heterocycles. The van der Waals surface area contributed by atoms with E-state index in [0.29, 0.717) is 0 Å². The molecular formula is C17H17IN2. The first-order chi connectivity index (χ1) is 9.25. The fourth-order valence-corrected chi connectivity index (χ4v) is 2.38. The standard InChI is InChI=1S/C17H17N2.HI/c1-18-13-16(12-14-8-6-7-11-17(14)18)19(2)15-9-4-3-5-10-15;/h3-13H,1-2H3;1H/q+1;/p-1. The van der Waals surface area contributed by atoms with Crippen LogP contribution >= 0.6 is 0 Å². The lowest BCUT2D eigenvalue weighted by atomic mass is 10.2. The van der Waals surface area contributed by atoms with Gasteiger partial charge in [0.15, 0.2) is 6.20 Å². The maximum Gasteiger partial charge on any atom is 0.212 e. The lowest BCUT2D eigenvalue weighted by Crippen LogP contribution is -3.00. The van der Waals surface area contributed by atoms with Crippen molar-refractivity contribution >= 4 is 22.3 Å². The smallest absolute Gasteiger partial charge is 0.212 e. The van der Waals surface area contributed by atoms with Crippen molar-refractivity contribution < 1.29 is 28.5 Å². The molecule has 102 valence electrons. The highest BCUT2D eigenvalue weighted by Crippen LogP contribution is 2.24. The minimum atomic E-state index is 0. The van der Waals surface area contributed by atoms with Crippen LogP contribution in [0.2, 0.25) is 0 Å². The topological polar surface area (TPSA) is 7.12 Å². The molecule has 1 heterocycles. The van der Waals surface area contributed by atoms with Gasteiger partial charge in [-0.25, -0.2) is 0 Å². The van der Waals surface area contributed by atoms with Crippen molar-refractivity contribution in [2.24, 2.45) is 7.05 Å². The quantitative estimate of drug-likeness (QED) is 0.465. The number of aryl methyl sites for hydroxylation is 1. The monoisotopic (exact) mass is 376 g/mol. The first kappa shape index (κ1) is 14.8. The summed E-state index contributed by atoms with van der Waals surface area (Å²) in [6, 6.07) is 21.1. The zero-order valence-corrected chi connectivity index (χ0v) is 13.8. The Morgan fingerprint density at radius 1 is 0.850 bits per heavy atom. The molecule has 0 spiro atoms. The summed E-state index contributed by atoms with van der Waals surface area (Å²) in [5.74, 6) is 0. The van der Waals surface area contributed by atoms with Crippen molar-refractivity contribution in [3.63, 3.8) is 0 Å². The van der Waals surface area contributed by atoms with Gasteiger partial charge in [0.05, 0.1) is 0 Å².